The number of hydrogen-bond acceptors (Lipinski definition) is 1. The molecule has 1 saturated heterocycles. The van der Waals surface area contributed by atoms with E-state index in [1.807, 2.05) is 0 Å². The molecule has 0 saturated carbocycles. The Morgan fingerprint density at radius 3 is 2.25 bits per heavy atom. The first kappa shape index (κ1) is 6.11. The van der Waals surface area contributed by atoms with E-state index < -0.39 is 0 Å². The Morgan fingerprint density at radius 2 is 1.88 bits per heavy atom. The Hall–Kier alpha value is -0.0151. The van der Waals surface area contributed by atoms with Crippen LogP contribution in [-0.2, 0) is 4.28 Å². The summed E-state index contributed by atoms with van der Waals surface area (Å²) in [5, 5.41) is 0. The van der Waals surface area contributed by atoms with E-state index in [0.717, 1.165) is 13.2 Å². The van der Waals surface area contributed by atoms with Crippen molar-refractivity contribution in [3.05, 3.63) is 0 Å². The molecule has 1 radical (unpaired) electrons. The quantitative estimate of drug-likeness (QED) is 0.290. The van der Waals surface area contributed by atoms with Gasteiger partial charge in [-0.15, -0.1) is 0 Å². The highest BCUT2D eigenvalue weighted by molar-refractivity contribution is 5.99. The second-order valence-electron chi connectivity index (χ2n) is 2.49. The van der Waals surface area contributed by atoms with Gasteiger partial charge in [0.2, 0.25) is 8.05 Å². The minimum atomic E-state index is 1.15. The van der Waals surface area contributed by atoms with Crippen molar-refractivity contribution in [3.8, 4) is 0 Å². The summed E-state index contributed by atoms with van der Waals surface area (Å²) in [5.41, 5.74) is 0. The van der Waals surface area contributed by atoms with Gasteiger partial charge in [0.1, 0.15) is 13.2 Å². The zero-order chi connectivity index (χ0) is 5.98. The Kier molecular flexibility index (Phi) is 1.92. The number of hydrogen-bond donors (Lipinski definition) is 0. The average molecular weight is 114 g/mol. The second kappa shape index (κ2) is 2.51. The number of likely N-dealkylation sites (N-methyl/N-ethyl adjacent to an activating group) is 1. The summed E-state index contributed by atoms with van der Waals surface area (Å²) in [6.45, 7) is 4.69. The van der Waals surface area contributed by atoms with Crippen molar-refractivity contribution >= 4 is 8.05 Å². The molecule has 8 heavy (non-hydrogen) atoms. The molecule has 1 heterocycles. The minimum Gasteiger partial charge on any atom is -0.693 e. The van der Waals surface area contributed by atoms with E-state index in [-0.39, 0.29) is 0 Å². The Labute approximate surface area is 51.6 Å². The van der Waals surface area contributed by atoms with Crippen LogP contribution in [0.1, 0.15) is 0 Å². The van der Waals surface area contributed by atoms with Gasteiger partial charge in [0, 0.05) is 0 Å². The molecule has 0 aliphatic carbocycles. The van der Waals surface area contributed by atoms with Crippen molar-refractivity contribution < 1.29 is 4.28 Å². The molecule has 3 heteroatoms. The van der Waals surface area contributed by atoms with Gasteiger partial charge in [0.05, 0.1) is 13.1 Å². The normalized spacial score (nSPS) is 26.2. The first-order valence-electron chi connectivity index (χ1n) is 3.07. The molecule has 1 fully saturated rings. The zero-order valence-electron chi connectivity index (χ0n) is 5.68. The van der Waals surface area contributed by atoms with Gasteiger partial charge < -0.3 is 4.28 Å². The maximum atomic E-state index is 3.05. The molecule has 2 nitrogen and oxygen atoms in total. The number of rotatable bonds is 0. The predicted octanol–water partition coefficient (Wildman–Crippen LogP) is -0.968. The van der Waals surface area contributed by atoms with Crippen LogP contribution in [0.15, 0.2) is 0 Å². The zero-order valence-corrected chi connectivity index (χ0v) is 5.68. The highest BCUT2D eigenvalue weighted by atomic mass is 16.6. The van der Waals surface area contributed by atoms with Crippen LogP contribution >= 0.6 is 0 Å². The van der Waals surface area contributed by atoms with E-state index in [0.29, 0.717) is 0 Å². The van der Waals surface area contributed by atoms with E-state index in [1.54, 1.807) is 0 Å². The molecule has 47 valence electrons. The first-order valence-corrected chi connectivity index (χ1v) is 3.07. The summed E-state index contributed by atoms with van der Waals surface area (Å²) in [6, 6.07) is 0. The molecule has 0 bridgehead atoms. The second-order valence-corrected chi connectivity index (χ2v) is 2.49. The highest BCUT2D eigenvalue weighted by Gasteiger charge is 2.07. The lowest BCUT2D eigenvalue weighted by Crippen LogP contribution is -2.38. The lowest BCUT2D eigenvalue weighted by molar-refractivity contribution is -0.0352. The van der Waals surface area contributed by atoms with Crippen molar-refractivity contribution in [2.45, 2.75) is 0 Å². The van der Waals surface area contributed by atoms with Crippen LogP contribution < -0.4 is 0 Å². The fraction of sp³-hybridized carbons (Fsp3) is 1.00. The van der Waals surface area contributed by atoms with Crippen LogP contribution in [0.5, 0.6) is 0 Å². The maximum Gasteiger partial charge on any atom is 0.202 e. The average Bonchev–Trinajstić information content (AvgIpc) is 1.77. The maximum absolute atomic E-state index is 3.05. The van der Waals surface area contributed by atoms with E-state index in [9.17, 15) is 0 Å². The standard InChI is InChI=1S/C5H13BNO/c1-7-2-4-8(6)5-3-7/h2-6H2,1H3. The Bertz CT molecular complexity index is 60.8. The van der Waals surface area contributed by atoms with Crippen molar-refractivity contribution in [1.29, 1.82) is 0 Å². The SMILES string of the molecule is [BH2-][O+]1CCN(C)CC1. The molecule has 0 spiro atoms. The largest absolute Gasteiger partial charge is 0.693 e. The smallest absolute Gasteiger partial charge is 0.202 e. The molecule has 1 aliphatic rings. The summed E-state index contributed by atoms with van der Waals surface area (Å²) in [6.07, 6.45) is 0. The van der Waals surface area contributed by atoms with Gasteiger partial charge in [0.25, 0.3) is 0 Å². The van der Waals surface area contributed by atoms with Crippen LogP contribution in [0, 0.1) is 0 Å². The molecule has 0 N–H and O–H groups in total. The van der Waals surface area contributed by atoms with Gasteiger partial charge in [-0.05, 0) is 7.05 Å². The molecule has 0 aromatic heterocycles. The monoisotopic (exact) mass is 114 g/mol. The molecule has 0 amide bonds. The van der Waals surface area contributed by atoms with E-state index in [1.165, 1.54) is 13.1 Å². The minimum absolute atomic E-state index is 1.15. The van der Waals surface area contributed by atoms with Gasteiger partial charge in [-0.3, -0.25) is 4.90 Å². The van der Waals surface area contributed by atoms with Crippen molar-refractivity contribution in [2.24, 2.45) is 0 Å². The molecule has 0 atom stereocenters. The highest BCUT2D eigenvalue weighted by Crippen LogP contribution is 1.97. The lowest BCUT2D eigenvalue weighted by Gasteiger charge is -2.34. The number of nitrogens with zero attached hydrogens (tertiary/aromatic N) is 1. The molecular formula is C5H13BNO. The molecular weight excluding hydrogens is 101 g/mol. The summed E-state index contributed by atoms with van der Waals surface area (Å²) in [4.78, 5) is 2.34. The van der Waals surface area contributed by atoms with Gasteiger partial charge in [-0.25, -0.2) is 0 Å². The third-order valence-electron chi connectivity index (χ3n) is 1.64. The van der Waals surface area contributed by atoms with Crippen molar-refractivity contribution in [3.63, 3.8) is 0 Å². The summed E-state index contributed by atoms with van der Waals surface area (Å²) >= 11 is 0. The number of morpholine rings is 1. The van der Waals surface area contributed by atoms with E-state index in [4.69, 9.17) is 0 Å². The van der Waals surface area contributed by atoms with Crippen LogP contribution in [-0.4, -0.2) is 46.3 Å². The van der Waals surface area contributed by atoms with E-state index in [2.05, 4.69) is 24.3 Å². The molecule has 1 rings (SSSR count). The van der Waals surface area contributed by atoms with Crippen LogP contribution in [0.3, 0.4) is 0 Å². The van der Waals surface area contributed by atoms with Gasteiger partial charge in [-0.1, -0.05) is 0 Å². The Balaban J connectivity index is 2.19. The fourth-order valence-corrected chi connectivity index (χ4v) is 0.837. The molecule has 0 unspecified atom stereocenters. The third kappa shape index (κ3) is 1.49. The van der Waals surface area contributed by atoms with Crippen LogP contribution in [0.4, 0.5) is 0 Å². The molecule has 0 aromatic carbocycles. The Morgan fingerprint density at radius 1 is 1.38 bits per heavy atom. The molecule has 1 aliphatic heterocycles. The topological polar surface area (TPSA) is 5.94 Å². The first-order chi connectivity index (χ1) is 3.79. The third-order valence-corrected chi connectivity index (χ3v) is 1.64. The summed E-state index contributed by atoms with van der Waals surface area (Å²) < 4.78 is 3.05. The van der Waals surface area contributed by atoms with Crippen LogP contribution in [0.2, 0.25) is 0 Å². The lowest BCUT2D eigenvalue weighted by atomic mass is 10.4. The van der Waals surface area contributed by atoms with Gasteiger partial charge >= 0.3 is 0 Å². The fourth-order valence-electron chi connectivity index (χ4n) is 0.837. The van der Waals surface area contributed by atoms with Crippen LogP contribution in [0.25, 0.3) is 0 Å². The van der Waals surface area contributed by atoms with Gasteiger partial charge in [0.15, 0.2) is 0 Å². The summed E-state index contributed by atoms with van der Waals surface area (Å²) in [5.74, 6) is 0. The molecule has 0 aromatic rings. The predicted molar refractivity (Wildman–Crippen MR) is 36.9 cm³/mol. The van der Waals surface area contributed by atoms with Gasteiger partial charge in [-0.2, -0.15) is 0 Å². The van der Waals surface area contributed by atoms with Crippen molar-refractivity contribution in [1.82, 2.24) is 4.90 Å². The summed E-state index contributed by atoms with van der Waals surface area (Å²) in [7, 11) is 4.25. The van der Waals surface area contributed by atoms with Crippen molar-refractivity contribution in [2.75, 3.05) is 33.4 Å². The van der Waals surface area contributed by atoms with E-state index >= 15 is 0 Å².